The van der Waals surface area contributed by atoms with Gasteiger partial charge in [-0.15, -0.1) is 0 Å². The molecular weight excluding hydrogens is 272 g/mol. The predicted octanol–water partition coefficient (Wildman–Crippen LogP) is 2.21. The van der Waals surface area contributed by atoms with Crippen molar-refractivity contribution in [1.29, 1.82) is 0 Å². The Morgan fingerprint density at radius 2 is 1.56 bits per heavy atom. The molecule has 1 aliphatic rings. The number of rotatable bonds is 1. The van der Waals surface area contributed by atoms with Gasteiger partial charge in [-0.2, -0.15) is 0 Å². The van der Waals surface area contributed by atoms with E-state index < -0.39 is 0 Å². The monoisotopic (exact) mass is 284 g/mol. The second-order valence-corrected chi connectivity index (χ2v) is 2.96. The average molecular weight is 284 g/mol. The van der Waals surface area contributed by atoms with E-state index in [1.54, 1.807) is 7.11 Å². The van der Waals surface area contributed by atoms with Crippen molar-refractivity contribution in [2.24, 2.45) is 0 Å². The van der Waals surface area contributed by atoms with Crippen molar-refractivity contribution in [3.05, 3.63) is 55.3 Å². The van der Waals surface area contributed by atoms with Gasteiger partial charge in [0.2, 0.25) is 0 Å². The minimum Gasteiger partial charge on any atom is 0 e. The summed E-state index contributed by atoms with van der Waals surface area (Å²) in [5.74, 6) is 0. The molecular formula is C13H12CrO4. The second-order valence-electron chi connectivity index (χ2n) is 2.96. The fourth-order valence-electron chi connectivity index (χ4n) is 1.76. The number of hydrogen-bond donors (Lipinski definition) is 0. The van der Waals surface area contributed by atoms with Crippen LogP contribution in [0.25, 0.3) is 0 Å². The summed E-state index contributed by atoms with van der Waals surface area (Å²) in [6, 6.07) is 8.53. The van der Waals surface area contributed by atoms with Gasteiger partial charge in [0.1, 0.15) is 0 Å². The van der Waals surface area contributed by atoms with Gasteiger partial charge in [-0.1, -0.05) is 24.3 Å². The molecule has 0 saturated carbocycles. The van der Waals surface area contributed by atoms with Crippen molar-refractivity contribution in [2.45, 2.75) is 18.9 Å². The first-order chi connectivity index (χ1) is 8.42. The number of hydrogen-bond acceptors (Lipinski definition) is 1. The summed E-state index contributed by atoms with van der Waals surface area (Å²) >= 11 is 0. The smallest absolute Gasteiger partial charge is 0 e. The van der Waals surface area contributed by atoms with Crippen LogP contribution in [0.15, 0.2) is 24.3 Å². The summed E-state index contributed by atoms with van der Waals surface area (Å²) in [6.45, 7) is 13.5. The van der Waals surface area contributed by atoms with E-state index >= 15 is 0 Å². The maximum Gasteiger partial charge on any atom is 0 e. The van der Waals surface area contributed by atoms with Crippen molar-refractivity contribution < 1.29 is 36.1 Å². The molecule has 1 aromatic carbocycles. The van der Waals surface area contributed by atoms with Gasteiger partial charge in [-0.25, -0.2) is 0 Å². The quantitative estimate of drug-likeness (QED) is 0.575. The van der Waals surface area contributed by atoms with Gasteiger partial charge < -0.3 is 4.74 Å². The van der Waals surface area contributed by atoms with E-state index in [1.807, 2.05) is 0 Å². The Hall–Kier alpha value is -1.07. The number of fused-ring (bicyclic) bond motifs is 1. The maximum absolute atomic E-state index is 7.50. The zero-order valence-electron chi connectivity index (χ0n) is 9.84. The molecule has 94 valence electrons. The van der Waals surface area contributed by atoms with Crippen LogP contribution in [0.2, 0.25) is 0 Å². The summed E-state index contributed by atoms with van der Waals surface area (Å²) < 4.78 is 27.8. The van der Waals surface area contributed by atoms with Gasteiger partial charge in [-0.3, -0.25) is 0 Å². The predicted molar refractivity (Wildman–Crippen MR) is 56.3 cm³/mol. The molecule has 0 heterocycles. The molecule has 0 spiro atoms. The molecule has 1 atom stereocenters. The molecule has 0 amide bonds. The molecule has 1 unspecified atom stereocenters. The van der Waals surface area contributed by atoms with Gasteiger partial charge in [0.15, 0.2) is 0 Å². The summed E-state index contributed by atoms with van der Waals surface area (Å²) in [6.07, 6.45) is 2.68. The van der Waals surface area contributed by atoms with E-state index in [9.17, 15) is 0 Å². The molecule has 0 saturated heterocycles. The van der Waals surface area contributed by atoms with E-state index in [4.69, 9.17) is 18.7 Å². The van der Waals surface area contributed by atoms with Crippen LogP contribution in [-0.2, 0) is 42.5 Å². The first kappa shape index (κ1) is 22.1. The van der Waals surface area contributed by atoms with Gasteiger partial charge in [0, 0.05) is 24.5 Å². The molecule has 0 bridgehead atoms. The largest absolute Gasteiger partial charge is 0 e. The molecule has 0 aliphatic heterocycles. The number of benzene rings is 1. The molecule has 0 N–H and O–H groups in total. The average Bonchev–Trinajstić information content (AvgIpc) is 2.88. The van der Waals surface area contributed by atoms with Crippen molar-refractivity contribution in [2.75, 3.05) is 7.11 Å². The Kier molecular flexibility index (Phi) is 19.6. The second kappa shape index (κ2) is 15.9. The standard InChI is InChI=1S/C10H12O.3CO.Cr/c1-11-10-7-6-8-4-2-3-5-9(8)10;3*1-2;/h2-5,10H,6-7H2,1H3;;;;. The molecule has 2 rings (SSSR count). The van der Waals surface area contributed by atoms with Crippen molar-refractivity contribution in [3.8, 4) is 0 Å². The number of ether oxygens (including phenoxy) is 1. The van der Waals surface area contributed by atoms with Crippen LogP contribution < -0.4 is 0 Å². The fourth-order valence-corrected chi connectivity index (χ4v) is 1.76. The maximum atomic E-state index is 7.50. The van der Waals surface area contributed by atoms with Gasteiger partial charge in [0.05, 0.1) is 6.10 Å². The van der Waals surface area contributed by atoms with Crippen LogP contribution in [0.5, 0.6) is 0 Å². The van der Waals surface area contributed by atoms with E-state index in [2.05, 4.69) is 44.2 Å². The van der Waals surface area contributed by atoms with Crippen molar-refractivity contribution >= 4 is 0 Å². The normalized spacial score (nSPS) is 13.6. The molecule has 18 heavy (non-hydrogen) atoms. The first-order valence-electron chi connectivity index (χ1n) is 4.63. The van der Waals surface area contributed by atoms with Crippen LogP contribution in [0.1, 0.15) is 23.7 Å². The van der Waals surface area contributed by atoms with Crippen LogP contribution in [-0.4, -0.2) is 7.11 Å². The Morgan fingerprint density at radius 3 is 2.06 bits per heavy atom. The molecule has 0 aromatic heterocycles. The van der Waals surface area contributed by atoms with Crippen molar-refractivity contribution in [3.63, 3.8) is 0 Å². The van der Waals surface area contributed by atoms with Gasteiger partial charge in [-0.05, 0) is 24.0 Å². The third kappa shape index (κ3) is 6.62. The van der Waals surface area contributed by atoms with Crippen LogP contribution >= 0.6 is 0 Å². The molecule has 4 nitrogen and oxygen atoms in total. The van der Waals surface area contributed by atoms with Crippen LogP contribution in [0.4, 0.5) is 0 Å². The zero-order valence-corrected chi connectivity index (χ0v) is 11.1. The Labute approximate surface area is 118 Å². The van der Waals surface area contributed by atoms with E-state index in [0.717, 1.165) is 6.42 Å². The minimum atomic E-state index is 0. The number of aryl methyl sites for hydroxylation is 1. The number of methoxy groups -OCH3 is 1. The third-order valence-electron chi connectivity index (χ3n) is 2.36. The van der Waals surface area contributed by atoms with Gasteiger partial charge in [0.25, 0.3) is 0 Å². The fraction of sp³-hybridized carbons (Fsp3) is 0.308. The Morgan fingerprint density at radius 1 is 1.06 bits per heavy atom. The molecule has 1 aromatic rings. The molecule has 1 aliphatic carbocycles. The van der Waals surface area contributed by atoms with Crippen molar-refractivity contribution in [1.82, 2.24) is 0 Å². The summed E-state index contributed by atoms with van der Waals surface area (Å²) in [7, 11) is 1.78. The van der Waals surface area contributed by atoms with Gasteiger partial charge >= 0.3 is 33.9 Å². The third-order valence-corrected chi connectivity index (χ3v) is 2.36. The Balaban J connectivity index is -0.000000285. The van der Waals surface area contributed by atoms with Crippen LogP contribution in [0.3, 0.4) is 0 Å². The molecule has 5 heteroatoms. The van der Waals surface area contributed by atoms with E-state index in [1.165, 1.54) is 17.5 Å². The molecule has 0 fully saturated rings. The van der Waals surface area contributed by atoms with E-state index in [0.29, 0.717) is 6.10 Å². The first-order valence-corrected chi connectivity index (χ1v) is 4.63. The Bertz CT molecular complexity index is 356. The molecule has 0 radical (unpaired) electrons. The summed E-state index contributed by atoms with van der Waals surface area (Å²) in [5.41, 5.74) is 2.84. The minimum absolute atomic E-state index is 0. The zero-order chi connectivity index (χ0) is 13.7. The summed E-state index contributed by atoms with van der Waals surface area (Å²) in [4.78, 5) is 0. The SMILES string of the molecule is COC1CCc2ccccc21.[C-]#[O+].[C-]#[O+].[C-]#[O+].[Cr]. The van der Waals surface area contributed by atoms with Crippen LogP contribution in [0, 0.1) is 20.0 Å². The topological polar surface area (TPSA) is 68.9 Å². The summed E-state index contributed by atoms with van der Waals surface area (Å²) in [5, 5.41) is 0. The van der Waals surface area contributed by atoms with E-state index in [-0.39, 0.29) is 17.4 Å².